The van der Waals surface area contributed by atoms with Gasteiger partial charge >= 0.3 is 0 Å². The van der Waals surface area contributed by atoms with E-state index in [4.69, 9.17) is 23.2 Å². The summed E-state index contributed by atoms with van der Waals surface area (Å²) < 4.78 is 0. The molecule has 0 atom stereocenters. The van der Waals surface area contributed by atoms with E-state index in [-0.39, 0.29) is 5.41 Å². The zero-order chi connectivity index (χ0) is 13.3. The second-order valence-corrected chi connectivity index (χ2v) is 6.10. The number of hydrogen-bond donors (Lipinski definition) is 0. The largest absolute Gasteiger partial charge is 0.252 e. The Morgan fingerprint density at radius 1 is 0.944 bits per heavy atom. The van der Waals surface area contributed by atoms with Crippen molar-refractivity contribution in [2.24, 2.45) is 0 Å². The predicted octanol–water partition coefficient (Wildman–Crippen LogP) is 5.35. The van der Waals surface area contributed by atoms with E-state index in [2.05, 4.69) is 25.8 Å². The molecule has 0 N–H and O–H groups in total. The lowest BCUT2D eigenvalue weighted by atomic mass is 9.91. The minimum Gasteiger partial charge on any atom is -0.252 e. The number of hydrogen-bond acceptors (Lipinski definition) is 1. The van der Waals surface area contributed by atoms with Crippen LogP contribution in [0.2, 0.25) is 10.0 Å². The van der Waals surface area contributed by atoms with E-state index in [0.717, 1.165) is 17.0 Å². The Kier molecular flexibility index (Phi) is 3.65. The molecule has 0 unspecified atom stereocenters. The maximum absolute atomic E-state index is 6.03. The average molecular weight is 280 g/mol. The topological polar surface area (TPSA) is 12.9 Å². The Hall–Kier alpha value is -1.05. The lowest BCUT2D eigenvalue weighted by Crippen LogP contribution is -2.13. The number of halogens is 2. The van der Waals surface area contributed by atoms with Crippen LogP contribution < -0.4 is 0 Å². The third-order valence-electron chi connectivity index (χ3n) is 2.73. The Bertz CT molecular complexity index is 571. The van der Waals surface area contributed by atoms with Gasteiger partial charge in [-0.3, -0.25) is 4.98 Å². The highest BCUT2D eigenvalue weighted by molar-refractivity contribution is 6.42. The first kappa shape index (κ1) is 13.4. The molecule has 0 amide bonds. The minimum absolute atomic E-state index is 0.0340. The predicted molar refractivity (Wildman–Crippen MR) is 78.4 cm³/mol. The van der Waals surface area contributed by atoms with Gasteiger partial charge in [0.25, 0.3) is 0 Å². The van der Waals surface area contributed by atoms with Crippen molar-refractivity contribution in [1.29, 1.82) is 0 Å². The lowest BCUT2D eigenvalue weighted by Gasteiger charge is -2.18. The van der Waals surface area contributed by atoms with E-state index in [1.165, 1.54) is 0 Å². The van der Waals surface area contributed by atoms with Crippen LogP contribution in [0.1, 0.15) is 26.5 Å². The van der Waals surface area contributed by atoms with Gasteiger partial charge in [-0.15, -0.1) is 0 Å². The first-order valence-electron chi connectivity index (χ1n) is 5.81. The number of pyridine rings is 1. The molecular weight excluding hydrogens is 265 g/mol. The molecule has 94 valence electrons. The molecule has 18 heavy (non-hydrogen) atoms. The smallest absolute Gasteiger partial charge is 0.0706 e. The number of nitrogens with zero attached hydrogens (tertiary/aromatic N) is 1. The van der Waals surface area contributed by atoms with Crippen LogP contribution in [0.3, 0.4) is 0 Å². The molecule has 2 aromatic rings. The molecule has 0 fully saturated rings. The maximum Gasteiger partial charge on any atom is 0.0706 e. The van der Waals surface area contributed by atoms with E-state index in [9.17, 15) is 0 Å². The van der Waals surface area contributed by atoms with Gasteiger partial charge in [-0.25, -0.2) is 0 Å². The van der Waals surface area contributed by atoms with Gasteiger partial charge in [0.1, 0.15) is 0 Å². The average Bonchev–Trinajstić information content (AvgIpc) is 2.32. The van der Waals surface area contributed by atoms with E-state index in [0.29, 0.717) is 10.0 Å². The van der Waals surface area contributed by atoms with Crippen molar-refractivity contribution < 1.29 is 0 Å². The van der Waals surface area contributed by atoms with Crippen molar-refractivity contribution in [2.75, 3.05) is 0 Å². The molecule has 0 radical (unpaired) electrons. The highest BCUT2D eigenvalue weighted by atomic mass is 35.5. The van der Waals surface area contributed by atoms with Crippen molar-refractivity contribution in [3.63, 3.8) is 0 Å². The monoisotopic (exact) mass is 279 g/mol. The zero-order valence-electron chi connectivity index (χ0n) is 10.7. The van der Waals surface area contributed by atoms with Gasteiger partial charge in [-0.05, 0) is 24.3 Å². The Morgan fingerprint density at radius 2 is 1.67 bits per heavy atom. The Balaban J connectivity index is 2.48. The molecule has 3 heteroatoms. The quantitative estimate of drug-likeness (QED) is 0.685. The first-order chi connectivity index (χ1) is 8.38. The molecule has 1 aromatic heterocycles. The lowest BCUT2D eigenvalue weighted by molar-refractivity contribution is 0.570. The van der Waals surface area contributed by atoms with Gasteiger partial charge in [0.2, 0.25) is 0 Å². The van der Waals surface area contributed by atoms with E-state index in [1.807, 2.05) is 30.3 Å². The van der Waals surface area contributed by atoms with Gasteiger partial charge in [0.15, 0.2) is 0 Å². The summed E-state index contributed by atoms with van der Waals surface area (Å²) in [4.78, 5) is 4.68. The molecule has 1 heterocycles. The third kappa shape index (κ3) is 2.85. The normalized spacial score (nSPS) is 11.6. The first-order valence-corrected chi connectivity index (χ1v) is 6.56. The Morgan fingerprint density at radius 3 is 2.28 bits per heavy atom. The summed E-state index contributed by atoms with van der Waals surface area (Å²) in [6.45, 7) is 6.44. The van der Waals surface area contributed by atoms with Crippen molar-refractivity contribution in [2.45, 2.75) is 26.2 Å². The molecule has 0 saturated carbocycles. The molecule has 0 bridgehead atoms. The number of aromatic nitrogens is 1. The maximum atomic E-state index is 6.03. The second kappa shape index (κ2) is 4.91. The van der Waals surface area contributed by atoms with Crippen LogP contribution in [0.15, 0.2) is 36.4 Å². The van der Waals surface area contributed by atoms with Gasteiger partial charge in [-0.1, -0.05) is 56.1 Å². The fraction of sp³-hybridized carbons (Fsp3) is 0.267. The van der Waals surface area contributed by atoms with Crippen LogP contribution in [0.5, 0.6) is 0 Å². The highest BCUT2D eigenvalue weighted by Gasteiger charge is 2.15. The molecular formula is C15H15Cl2N. The minimum atomic E-state index is 0.0340. The fourth-order valence-electron chi connectivity index (χ4n) is 1.67. The van der Waals surface area contributed by atoms with Gasteiger partial charge in [0, 0.05) is 16.7 Å². The van der Waals surface area contributed by atoms with Crippen LogP contribution >= 0.6 is 23.2 Å². The number of benzene rings is 1. The van der Waals surface area contributed by atoms with Crippen molar-refractivity contribution in [3.8, 4) is 11.3 Å². The highest BCUT2D eigenvalue weighted by Crippen LogP contribution is 2.29. The van der Waals surface area contributed by atoms with Crippen LogP contribution in [0, 0.1) is 0 Å². The molecule has 1 aromatic carbocycles. The summed E-state index contributed by atoms with van der Waals surface area (Å²) >= 11 is 12.0. The standard InChI is InChI=1S/C15H15Cl2N/c1-15(2,3)14-6-4-5-13(18-14)10-7-8-11(16)12(17)9-10/h4-9H,1-3H3. The molecule has 0 saturated heterocycles. The SMILES string of the molecule is CC(C)(C)c1cccc(-c2ccc(Cl)c(Cl)c2)n1. The number of rotatable bonds is 1. The van der Waals surface area contributed by atoms with Crippen LogP contribution in [-0.4, -0.2) is 4.98 Å². The van der Waals surface area contributed by atoms with E-state index >= 15 is 0 Å². The van der Waals surface area contributed by atoms with Crippen molar-refractivity contribution >= 4 is 23.2 Å². The molecule has 0 aliphatic carbocycles. The van der Waals surface area contributed by atoms with Crippen LogP contribution in [-0.2, 0) is 5.41 Å². The molecule has 2 rings (SSSR count). The molecule has 0 aliphatic rings. The van der Waals surface area contributed by atoms with E-state index < -0.39 is 0 Å². The summed E-state index contributed by atoms with van der Waals surface area (Å²) in [5, 5.41) is 1.12. The summed E-state index contributed by atoms with van der Waals surface area (Å²) in [6.07, 6.45) is 0. The van der Waals surface area contributed by atoms with Crippen molar-refractivity contribution in [1.82, 2.24) is 4.98 Å². The second-order valence-electron chi connectivity index (χ2n) is 5.29. The Labute approximate surface area is 118 Å². The third-order valence-corrected chi connectivity index (χ3v) is 3.47. The summed E-state index contributed by atoms with van der Waals surface area (Å²) in [5.74, 6) is 0. The molecule has 1 nitrogen and oxygen atoms in total. The van der Waals surface area contributed by atoms with Gasteiger partial charge in [0.05, 0.1) is 15.7 Å². The van der Waals surface area contributed by atoms with Gasteiger partial charge in [-0.2, -0.15) is 0 Å². The zero-order valence-corrected chi connectivity index (χ0v) is 12.2. The van der Waals surface area contributed by atoms with Crippen molar-refractivity contribution in [3.05, 3.63) is 52.1 Å². The van der Waals surface area contributed by atoms with E-state index in [1.54, 1.807) is 6.07 Å². The summed E-state index contributed by atoms with van der Waals surface area (Å²) in [7, 11) is 0. The summed E-state index contributed by atoms with van der Waals surface area (Å²) in [6, 6.07) is 11.6. The fourth-order valence-corrected chi connectivity index (χ4v) is 1.97. The van der Waals surface area contributed by atoms with Crippen LogP contribution in [0.4, 0.5) is 0 Å². The summed E-state index contributed by atoms with van der Waals surface area (Å²) in [5.41, 5.74) is 2.99. The van der Waals surface area contributed by atoms with Crippen LogP contribution in [0.25, 0.3) is 11.3 Å². The van der Waals surface area contributed by atoms with Gasteiger partial charge < -0.3 is 0 Å². The molecule has 0 spiro atoms. The molecule has 0 aliphatic heterocycles.